The predicted octanol–water partition coefficient (Wildman–Crippen LogP) is -10.1. The molecule has 0 aliphatic rings. The standard InChI is InChI=1S/C46H80N10O20/c57-35(47-13-29-51(21-5-39(61)62)22-6-40(63)64)1-17-55(18-2-36(58)48-14-30-52(23-7-41(65)66)24-8-42(67)68)33-34-56(19-3-37(59)49-15-31-53(25-9-43(69)70)26-10-44(71)72)20-4-38(60)50-16-32-54(27-11-45(73)74)28-12-46(75)76/h1-34H2,(H,47,57)(H,48,58)(H,49,59)(H,50,60)(H,61,62)(H,63,64)(H,65,66)(H,67,68)(H,69,70)(H,71,72)(H,73,74)(H,75,76)/p-8. The third-order valence-electron chi connectivity index (χ3n) is 11.2. The zero-order valence-electron chi connectivity index (χ0n) is 42.8. The molecule has 0 saturated carbocycles. The molecule has 0 atom stereocenters. The molecule has 0 aromatic rings. The molecule has 0 radical (unpaired) electrons. The molecule has 0 saturated heterocycles. The van der Waals surface area contributed by atoms with Crippen molar-refractivity contribution in [3.8, 4) is 0 Å². The molecule has 30 nitrogen and oxygen atoms in total. The molecular weight excluding hydrogens is 1010 g/mol. The summed E-state index contributed by atoms with van der Waals surface area (Å²) < 4.78 is 0. The number of rotatable bonds is 51. The first-order valence-corrected chi connectivity index (χ1v) is 24.8. The average molecular weight is 1090 g/mol. The molecule has 0 heterocycles. The van der Waals surface area contributed by atoms with Gasteiger partial charge in [0.15, 0.2) is 0 Å². The Balaban J connectivity index is 6.47. The van der Waals surface area contributed by atoms with Gasteiger partial charge in [-0.15, -0.1) is 0 Å². The third kappa shape index (κ3) is 43.8. The number of aliphatic carboxylic acids is 8. The van der Waals surface area contributed by atoms with Gasteiger partial charge in [-0.25, -0.2) is 0 Å². The van der Waals surface area contributed by atoms with Crippen molar-refractivity contribution in [2.45, 2.75) is 77.0 Å². The molecule has 4 N–H and O–H groups in total. The Hall–Kier alpha value is -6.60. The van der Waals surface area contributed by atoms with Crippen LogP contribution in [0.25, 0.3) is 0 Å². The number of carbonyl (C=O) groups excluding carboxylic acids is 4. The highest BCUT2D eigenvalue weighted by Gasteiger charge is 2.14. The maximum absolute atomic E-state index is 13.0. The molecular formula is C46H72N10O20-8. The first kappa shape index (κ1) is 69.4. The Morgan fingerprint density at radius 1 is 0.237 bits per heavy atom. The number of hydrogen-bond donors (Lipinski definition) is 4. The van der Waals surface area contributed by atoms with E-state index < -0.39 is 97.0 Å². The number of hydrogen-bond acceptors (Lipinski definition) is 26. The van der Waals surface area contributed by atoms with Crippen molar-refractivity contribution >= 4 is 71.3 Å². The number of carboxylic acid groups (broad SMARTS) is 8. The Morgan fingerprint density at radius 2 is 0.395 bits per heavy atom. The minimum atomic E-state index is -1.36. The molecule has 0 aromatic heterocycles. The minimum absolute atomic E-state index is 0.0196. The molecule has 76 heavy (non-hydrogen) atoms. The van der Waals surface area contributed by atoms with E-state index in [1.165, 1.54) is 9.80 Å². The van der Waals surface area contributed by atoms with Gasteiger partial charge in [0.2, 0.25) is 0 Å². The number of aliphatic imine (C=N–C) groups is 4. The van der Waals surface area contributed by atoms with E-state index in [2.05, 4.69) is 20.0 Å². The second-order valence-corrected chi connectivity index (χ2v) is 17.2. The van der Waals surface area contributed by atoms with E-state index in [4.69, 9.17) is 20.4 Å². The van der Waals surface area contributed by atoms with Crippen LogP contribution in [0.2, 0.25) is 0 Å². The summed E-state index contributed by atoms with van der Waals surface area (Å²) in [5.41, 5.74) is 0. The van der Waals surface area contributed by atoms with Crippen LogP contribution < -0.4 is 40.9 Å². The van der Waals surface area contributed by atoms with Crippen LogP contribution in [0.5, 0.6) is 0 Å². The van der Waals surface area contributed by atoms with Crippen LogP contribution in [0, 0.1) is 0 Å². The van der Waals surface area contributed by atoms with Gasteiger partial charge >= 0.3 is 23.9 Å². The van der Waals surface area contributed by atoms with Crippen molar-refractivity contribution in [2.24, 2.45) is 20.0 Å². The monoisotopic (exact) mass is 1080 g/mol. The largest absolute Gasteiger partial charge is 0.862 e. The summed E-state index contributed by atoms with van der Waals surface area (Å²) in [6, 6.07) is 0. The highest BCUT2D eigenvalue weighted by atomic mass is 16.4. The van der Waals surface area contributed by atoms with Crippen molar-refractivity contribution in [3.63, 3.8) is 0 Å². The van der Waals surface area contributed by atoms with E-state index >= 15 is 0 Å². The lowest BCUT2D eigenvalue weighted by molar-refractivity contribution is -0.308. The number of carbonyl (C=O) groups is 8. The molecule has 0 spiro atoms. The maximum Gasteiger partial charge on any atom is 0.304 e. The number of carboxylic acids is 8. The molecule has 0 fully saturated rings. The Labute approximate surface area is 440 Å². The molecule has 0 aromatic carbocycles. The summed E-state index contributed by atoms with van der Waals surface area (Å²) in [6.45, 7) is 0.0573. The summed E-state index contributed by atoms with van der Waals surface area (Å²) in [7, 11) is 0. The van der Waals surface area contributed by atoms with Gasteiger partial charge in [-0.1, -0.05) is 0 Å². The molecule has 434 valence electrons. The number of nitrogens with zero attached hydrogens (tertiary/aromatic N) is 10. The first-order valence-electron chi connectivity index (χ1n) is 24.8. The van der Waals surface area contributed by atoms with E-state index in [0.717, 1.165) is 0 Å². The minimum Gasteiger partial charge on any atom is -0.862 e. The van der Waals surface area contributed by atoms with Gasteiger partial charge in [-0.2, -0.15) is 0 Å². The molecule has 0 aliphatic heterocycles. The van der Waals surface area contributed by atoms with Gasteiger partial charge < -0.3 is 130 Å². The van der Waals surface area contributed by atoms with Gasteiger partial charge in [-0.05, 0) is 75.0 Å². The average Bonchev–Trinajstić information content (AvgIpc) is 3.33. The fourth-order valence-corrected chi connectivity index (χ4v) is 6.90. The second kappa shape index (κ2) is 42.6. The molecule has 0 unspecified atom stereocenters. The van der Waals surface area contributed by atoms with E-state index in [1.807, 2.05) is 0 Å². The summed E-state index contributed by atoms with van der Waals surface area (Å²) in [5, 5.41) is 132. The first-order chi connectivity index (χ1) is 35.9. The smallest absolute Gasteiger partial charge is 0.304 e. The van der Waals surface area contributed by atoms with Crippen LogP contribution in [-0.4, -0.2) is 265 Å². The summed E-state index contributed by atoms with van der Waals surface area (Å²) in [4.78, 5) is 114. The van der Waals surface area contributed by atoms with Crippen molar-refractivity contribution in [3.05, 3.63) is 0 Å². The molecule has 0 amide bonds. The van der Waals surface area contributed by atoms with Crippen LogP contribution >= 0.6 is 0 Å². The van der Waals surface area contributed by atoms with Crippen LogP contribution in [0.3, 0.4) is 0 Å². The van der Waals surface area contributed by atoms with Crippen molar-refractivity contribution < 1.29 is 99.6 Å². The summed E-state index contributed by atoms with van der Waals surface area (Å²) in [5.74, 6) is -12.1. The highest BCUT2D eigenvalue weighted by Crippen LogP contribution is 2.04. The predicted molar refractivity (Wildman–Crippen MR) is 254 cm³/mol. The second-order valence-electron chi connectivity index (χ2n) is 17.2. The van der Waals surface area contributed by atoms with Gasteiger partial charge in [0.25, 0.3) is 0 Å². The zero-order valence-corrected chi connectivity index (χ0v) is 42.8. The Morgan fingerprint density at radius 3 is 0.566 bits per heavy atom. The zero-order chi connectivity index (χ0) is 57.3. The summed E-state index contributed by atoms with van der Waals surface area (Å²) >= 11 is 0. The van der Waals surface area contributed by atoms with Crippen LogP contribution in [0.4, 0.5) is 0 Å². The van der Waals surface area contributed by atoms with Crippen LogP contribution in [-0.2, 0) is 38.4 Å². The SMILES string of the molecule is O=C([O-])CCN(CCN=C([O-])CCN(CCC([O-])=NCCN(CCC(=O)[O-])CCC(=O)[O-])CCN(CCC([O-])=NCCN(CCC(=O)O)CCC(=O)O)CCC([O-])=NCCN(CCC(=O)O)CCC(=O)O)CCC(=O)[O-]. The molecule has 0 rings (SSSR count). The van der Waals surface area contributed by atoms with Gasteiger partial charge in [0.05, 0.1) is 51.9 Å². The fourth-order valence-electron chi connectivity index (χ4n) is 6.90. The van der Waals surface area contributed by atoms with E-state index in [9.17, 15) is 79.2 Å². The molecule has 30 heteroatoms. The van der Waals surface area contributed by atoms with E-state index in [0.29, 0.717) is 0 Å². The normalized spacial score (nSPS) is 12.7. The topological polar surface area (TPSA) is 471 Å². The quantitative estimate of drug-likeness (QED) is 0.0325. The van der Waals surface area contributed by atoms with Gasteiger partial charge in [0.1, 0.15) is 0 Å². The lowest BCUT2D eigenvalue weighted by Crippen LogP contribution is -2.41. The van der Waals surface area contributed by atoms with Crippen molar-refractivity contribution in [2.75, 3.05) is 144 Å². The van der Waals surface area contributed by atoms with E-state index in [-0.39, 0.29) is 195 Å². The summed E-state index contributed by atoms with van der Waals surface area (Å²) in [6.07, 6.45) is -3.39. The highest BCUT2D eigenvalue weighted by molar-refractivity contribution is 5.73. The fraction of sp³-hybridized carbons (Fsp3) is 0.739. The molecule has 0 aliphatic carbocycles. The van der Waals surface area contributed by atoms with E-state index in [1.54, 1.807) is 19.6 Å². The molecule has 0 bridgehead atoms. The Bertz CT molecular complexity index is 1570. The Kier molecular flexibility index (Phi) is 38.9. The third-order valence-corrected chi connectivity index (χ3v) is 11.2. The lowest BCUT2D eigenvalue weighted by Gasteiger charge is -2.30. The van der Waals surface area contributed by atoms with Gasteiger partial charge in [-0.3, -0.25) is 19.2 Å². The van der Waals surface area contributed by atoms with Gasteiger partial charge in [0, 0.05) is 142 Å². The van der Waals surface area contributed by atoms with Crippen LogP contribution in [0.15, 0.2) is 20.0 Å². The van der Waals surface area contributed by atoms with Crippen LogP contribution in [0.1, 0.15) is 77.0 Å². The van der Waals surface area contributed by atoms with Crippen molar-refractivity contribution in [1.82, 2.24) is 29.4 Å². The lowest BCUT2D eigenvalue weighted by atomic mass is 10.2. The maximum atomic E-state index is 13.0. The van der Waals surface area contributed by atoms with Crippen molar-refractivity contribution in [1.29, 1.82) is 0 Å².